The van der Waals surface area contributed by atoms with Crippen LogP contribution >= 0.6 is 0 Å². The molecule has 0 N–H and O–H groups in total. The van der Waals surface area contributed by atoms with Gasteiger partial charge in [0.1, 0.15) is 17.3 Å². The second-order valence-corrected chi connectivity index (χ2v) is 5.72. The van der Waals surface area contributed by atoms with Crippen molar-refractivity contribution in [2.45, 2.75) is 19.3 Å². The summed E-state index contributed by atoms with van der Waals surface area (Å²) in [5.41, 5.74) is 0.130. The molecule has 0 saturated carbocycles. The predicted molar refractivity (Wildman–Crippen MR) is 80.1 cm³/mol. The molecule has 0 atom stereocenters. The molecule has 0 bridgehead atoms. The van der Waals surface area contributed by atoms with Gasteiger partial charge in [-0.25, -0.2) is 4.39 Å². The lowest BCUT2D eigenvalue weighted by molar-refractivity contribution is -0.159. The lowest BCUT2D eigenvalue weighted by atomic mass is 9.76. The normalized spacial score (nSPS) is 17.0. The monoisotopic (exact) mass is 319 g/mol. The van der Waals surface area contributed by atoms with Crippen LogP contribution in [-0.4, -0.2) is 31.4 Å². The number of aromatic nitrogens is 1. The lowest BCUT2D eigenvalue weighted by Crippen LogP contribution is -2.40. The van der Waals surface area contributed by atoms with E-state index in [1.165, 1.54) is 13.2 Å². The van der Waals surface area contributed by atoms with Gasteiger partial charge in [-0.3, -0.25) is 4.79 Å². The van der Waals surface area contributed by atoms with E-state index in [2.05, 4.69) is 5.16 Å². The summed E-state index contributed by atoms with van der Waals surface area (Å²) < 4.78 is 29.5. The Kier molecular flexibility index (Phi) is 4.43. The predicted octanol–water partition coefficient (Wildman–Crippen LogP) is 2.99. The van der Waals surface area contributed by atoms with E-state index in [0.717, 1.165) is 0 Å². The van der Waals surface area contributed by atoms with Crippen molar-refractivity contribution in [3.63, 3.8) is 0 Å². The first-order valence-electron chi connectivity index (χ1n) is 7.51. The highest BCUT2D eigenvalue weighted by atomic mass is 19.1. The molecule has 0 radical (unpaired) electrons. The second-order valence-electron chi connectivity index (χ2n) is 5.72. The first-order chi connectivity index (χ1) is 11.1. The molecule has 0 aliphatic carbocycles. The van der Waals surface area contributed by atoms with Gasteiger partial charge in [0.15, 0.2) is 0 Å². The summed E-state index contributed by atoms with van der Waals surface area (Å²) in [6.45, 7) is 1.01. The van der Waals surface area contributed by atoms with Gasteiger partial charge in [0.2, 0.25) is 0 Å². The van der Waals surface area contributed by atoms with Gasteiger partial charge in [-0.2, -0.15) is 0 Å². The van der Waals surface area contributed by atoms with Gasteiger partial charge in [0.05, 0.1) is 12.5 Å². The summed E-state index contributed by atoms with van der Waals surface area (Å²) in [4.78, 5) is 12.2. The molecule has 0 amide bonds. The van der Waals surface area contributed by atoms with E-state index in [1.807, 2.05) is 0 Å². The van der Waals surface area contributed by atoms with E-state index in [9.17, 15) is 9.18 Å². The summed E-state index contributed by atoms with van der Waals surface area (Å²) in [5, 5.41) is 3.93. The molecule has 1 aliphatic heterocycles. The van der Waals surface area contributed by atoms with E-state index in [-0.39, 0.29) is 11.8 Å². The zero-order valence-corrected chi connectivity index (χ0v) is 12.9. The number of esters is 1. The Balaban J connectivity index is 1.85. The molecule has 1 aromatic heterocycles. The minimum atomic E-state index is -0.668. The number of hydrogen-bond acceptors (Lipinski definition) is 5. The molecule has 0 unspecified atom stereocenters. The Bertz CT molecular complexity index is 691. The number of carbonyl (C=O) groups excluding carboxylic acids is 1. The Morgan fingerprint density at radius 1 is 1.35 bits per heavy atom. The van der Waals surface area contributed by atoms with E-state index < -0.39 is 5.41 Å². The van der Waals surface area contributed by atoms with Crippen molar-refractivity contribution in [3.8, 4) is 11.3 Å². The quantitative estimate of drug-likeness (QED) is 0.811. The van der Waals surface area contributed by atoms with Crippen LogP contribution in [0.15, 0.2) is 34.9 Å². The van der Waals surface area contributed by atoms with Crippen molar-refractivity contribution in [3.05, 3.63) is 41.9 Å². The van der Waals surface area contributed by atoms with E-state index >= 15 is 0 Å². The summed E-state index contributed by atoms with van der Waals surface area (Å²) >= 11 is 0. The fourth-order valence-electron chi connectivity index (χ4n) is 2.96. The van der Waals surface area contributed by atoms with Gasteiger partial charge in [-0.05, 0) is 25.0 Å². The fourth-order valence-corrected chi connectivity index (χ4v) is 2.96. The number of methoxy groups -OCH3 is 1. The van der Waals surface area contributed by atoms with Crippen LogP contribution in [0, 0.1) is 11.2 Å². The van der Waals surface area contributed by atoms with Crippen molar-refractivity contribution in [1.82, 2.24) is 5.16 Å². The molecule has 2 aromatic rings. The third-order valence-corrected chi connectivity index (χ3v) is 4.29. The van der Waals surface area contributed by atoms with Crippen LogP contribution in [0.2, 0.25) is 0 Å². The Labute approximate surface area is 133 Å². The topological polar surface area (TPSA) is 61.6 Å². The maximum atomic E-state index is 13.8. The van der Waals surface area contributed by atoms with Crippen molar-refractivity contribution < 1.29 is 23.2 Å². The number of hydrogen-bond donors (Lipinski definition) is 0. The Morgan fingerprint density at radius 2 is 2.09 bits per heavy atom. The molecular formula is C17H18FNO4. The zero-order valence-electron chi connectivity index (χ0n) is 12.9. The second kappa shape index (κ2) is 6.50. The fraction of sp³-hybridized carbons (Fsp3) is 0.412. The molecule has 3 rings (SSSR count). The van der Waals surface area contributed by atoms with Crippen LogP contribution in [0.3, 0.4) is 0 Å². The summed E-state index contributed by atoms with van der Waals surface area (Å²) in [6.07, 6.45) is 1.50. The molecule has 1 aromatic carbocycles. The van der Waals surface area contributed by atoms with Crippen LogP contribution in [-0.2, 0) is 20.7 Å². The molecular weight excluding hydrogens is 301 g/mol. The number of halogens is 1. The minimum absolute atomic E-state index is 0.273. The smallest absolute Gasteiger partial charge is 0.312 e. The zero-order chi connectivity index (χ0) is 16.3. The standard InChI is InChI=1S/C17H18FNO4/c1-21-16(20)17(6-8-22-9-7-17)11-12-10-15(19-23-12)13-4-2-3-5-14(13)18/h2-5,10H,6-9,11H2,1H3. The first-order valence-corrected chi connectivity index (χ1v) is 7.51. The van der Waals surface area contributed by atoms with Crippen molar-refractivity contribution in [1.29, 1.82) is 0 Å². The highest BCUT2D eigenvalue weighted by molar-refractivity contribution is 5.77. The van der Waals surface area contributed by atoms with Crippen molar-refractivity contribution in [2.75, 3.05) is 20.3 Å². The number of rotatable bonds is 4. The average molecular weight is 319 g/mol. The van der Waals surface area contributed by atoms with Gasteiger partial charge in [-0.15, -0.1) is 0 Å². The van der Waals surface area contributed by atoms with Crippen molar-refractivity contribution in [2.24, 2.45) is 5.41 Å². The number of ether oxygens (including phenoxy) is 2. The number of carbonyl (C=O) groups is 1. The third-order valence-electron chi connectivity index (χ3n) is 4.29. The van der Waals surface area contributed by atoms with Crippen LogP contribution in [0.1, 0.15) is 18.6 Å². The molecule has 2 heterocycles. The van der Waals surface area contributed by atoms with Gasteiger partial charge in [0, 0.05) is 31.3 Å². The van der Waals surface area contributed by atoms with Gasteiger partial charge in [0.25, 0.3) is 0 Å². The Hall–Kier alpha value is -2.21. The van der Waals surface area contributed by atoms with Crippen LogP contribution in [0.5, 0.6) is 0 Å². The first kappa shape index (κ1) is 15.7. The average Bonchev–Trinajstić information content (AvgIpc) is 3.03. The van der Waals surface area contributed by atoms with E-state index in [1.54, 1.807) is 24.3 Å². The molecule has 1 aliphatic rings. The lowest BCUT2D eigenvalue weighted by Gasteiger charge is -2.33. The van der Waals surface area contributed by atoms with Crippen LogP contribution in [0.25, 0.3) is 11.3 Å². The summed E-state index contributed by atoms with van der Waals surface area (Å²) in [5.74, 6) is -0.0960. The molecule has 23 heavy (non-hydrogen) atoms. The SMILES string of the molecule is COC(=O)C1(Cc2cc(-c3ccccc3F)no2)CCOCC1. The van der Waals surface area contributed by atoms with E-state index in [0.29, 0.717) is 49.5 Å². The highest BCUT2D eigenvalue weighted by Crippen LogP contribution is 2.36. The molecule has 1 fully saturated rings. The highest BCUT2D eigenvalue weighted by Gasteiger charge is 2.42. The Morgan fingerprint density at radius 3 is 2.78 bits per heavy atom. The summed E-state index contributed by atoms with van der Waals surface area (Å²) in [6, 6.07) is 8.05. The molecule has 1 saturated heterocycles. The maximum absolute atomic E-state index is 13.8. The van der Waals surface area contributed by atoms with Crippen LogP contribution < -0.4 is 0 Å². The van der Waals surface area contributed by atoms with Gasteiger partial charge < -0.3 is 14.0 Å². The number of benzene rings is 1. The van der Waals surface area contributed by atoms with E-state index in [4.69, 9.17) is 14.0 Å². The molecule has 122 valence electrons. The molecule has 6 heteroatoms. The van der Waals surface area contributed by atoms with Crippen molar-refractivity contribution >= 4 is 5.97 Å². The van der Waals surface area contributed by atoms with Crippen LogP contribution in [0.4, 0.5) is 4.39 Å². The van der Waals surface area contributed by atoms with Gasteiger partial charge >= 0.3 is 5.97 Å². The molecule has 0 spiro atoms. The summed E-state index contributed by atoms with van der Waals surface area (Å²) in [7, 11) is 1.38. The largest absolute Gasteiger partial charge is 0.469 e. The minimum Gasteiger partial charge on any atom is -0.469 e. The third kappa shape index (κ3) is 3.12. The van der Waals surface area contributed by atoms with Gasteiger partial charge in [-0.1, -0.05) is 17.3 Å². The maximum Gasteiger partial charge on any atom is 0.312 e. The molecule has 5 nitrogen and oxygen atoms in total. The number of nitrogens with zero attached hydrogens (tertiary/aromatic N) is 1.